The Labute approximate surface area is 147 Å². The quantitative estimate of drug-likeness (QED) is 0.742. The van der Waals surface area contributed by atoms with Crippen molar-refractivity contribution >= 4 is 29.1 Å². The monoisotopic (exact) mass is 344 g/mol. The summed E-state index contributed by atoms with van der Waals surface area (Å²) in [4.78, 5) is 24.1. The molecule has 0 aromatic heterocycles. The van der Waals surface area contributed by atoms with Crippen LogP contribution < -0.4 is 10.6 Å². The Morgan fingerprint density at radius 3 is 2.54 bits per heavy atom. The minimum atomic E-state index is -0.178. The summed E-state index contributed by atoms with van der Waals surface area (Å²) in [5, 5.41) is 5.74. The van der Waals surface area contributed by atoms with Crippen LogP contribution in [-0.2, 0) is 4.79 Å². The number of rotatable bonds is 7. The number of carbonyl (C=O) groups excluding carboxylic acids is 2. The second kappa shape index (κ2) is 9.08. The van der Waals surface area contributed by atoms with Gasteiger partial charge in [-0.2, -0.15) is 0 Å². The standard InChI is InChI=1S/C19H21ClN2O2/c1-14(15-7-3-2-4-8-15)21-19(24)16-9-5-10-17(13-16)22-18(23)11-6-12-20/h2-5,7-10,13-14H,6,11-12H2,1H3,(H,21,24)(H,22,23). The molecule has 0 spiro atoms. The summed E-state index contributed by atoms with van der Waals surface area (Å²) in [7, 11) is 0. The minimum absolute atomic E-state index is 0.0966. The van der Waals surface area contributed by atoms with E-state index < -0.39 is 0 Å². The molecule has 0 saturated carbocycles. The van der Waals surface area contributed by atoms with Crippen LogP contribution in [0.5, 0.6) is 0 Å². The van der Waals surface area contributed by atoms with Crippen LogP contribution >= 0.6 is 11.6 Å². The topological polar surface area (TPSA) is 58.2 Å². The van der Waals surface area contributed by atoms with Gasteiger partial charge in [0.2, 0.25) is 5.91 Å². The van der Waals surface area contributed by atoms with Crippen LogP contribution in [0.25, 0.3) is 0 Å². The molecule has 126 valence electrons. The fourth-order valence-corrected chi connectivity index (χ4v) is 2.43. The van der Waals surface area contributed by atoms with Gasteiger partial charge in [-0.3, -0.25) is 9.59 Å². The second-order valence-electron chi connectivity index (χ2n) is 5.53. The van der Waals surface area contributed by atoms with Crippen molar-refractivity contribution in [3.05, 3.63) is 65.7 Å². The molecule has 4 nitrogen and oxygen atoms in total. The molecule has 1 unspecified atom stereocenters. The zero-order valence-corrected chi connectivity index (χ0v) is 14.3. The molecule has 0 saturated heterocycles. The highest BCUT2D eigenvalue weighted by atomic mass is 35.5. The summed E-state index contributed by atoms with van der Waals surface area (Å²) in [5.41, 5.74) is 2.15. The predicted molar refractivity (Wildman–Crippen MR) is 97.3 cm³/mol. The van der Waals surface area contributed by atoms with E-state index in [1.807, 2.05) is 37.3 Å². The Morgan fingerprint density at radius 1 is 1.08 bits per heavy atom. The van der Waals surface area contributed by atoms with Gasteiger partial charge in [0.05, 0.1) is 6.04 Å². The molecule has 2 rings (SSSR count). The molecule has 0 heterocycles. The first-order valence-corrected chi connectivity index (χ1v) is 8.45. The Balaban J connectivity index is 1.99. The van der Waals surface area contributed by atoms with Gasteiger partial charge in [0, 0.05) is 23.6 Å². The van der Waals surface area contributed by atoms with E-state index in [0.29, 0.717) is 30.0 Å². The van der Waals surface area contributed by atoms with Gasteiger partial charge >= 0.3 is 0 Å². The number of hydrogen-bond acceptors (Lipinski definition) is 2. The first-order chi connectivity index (χ1) is 11.6. The molecule has 2 amide bonds. The third-order valence-corrected chi connectivity index (χ3v) is 3.86. The molecule has 2 N–H and O–H groups in total. The lowest BCUT2D eigenvalue weighted by molar-refractivity contribution is -0.116. The van der Waals surface area contributed by atoms with Crippen molar-refractivity contribution in [2.45, 2.75) is 25.8 Å². The van der Waals surface area contributed by atoms with Crippen LogP contribution in [-0.4, -0.2) is 17.7 Å². The van der Waals surface area contributed by atoms with E-state index in [2.05, 4.69) is 10.6 Å². The van der Waals surface area contributed by atoms with Gasteiger partial charge in [0.1, 0.15) is 0 Å². The first-order valence-electron chi connectivity index (χ1n) is 7.92. The smallest absolute Gasteiger partial charge is 0.251 e. The highest BCUT2D eigenvalue weighted by Gasteiger charge is 2.12. The number of amides is 2. The molecule has 0 radical (unpaired) electrons. The lowest BCUT2D eigenvalue weighted by Crippen LogP contribution is -2.26. The van der Waals surface area contributed by atoms with Gasteiger partial charge in [0.25, 0.3) is 5.91 Å². The van der Waals surface area contributed by atoms with E-state index in [-0.39, 0.29) is 17.9 Å². The van der Waals surface area contributed by atoms with Gasteiger partial charge in [-0.1, -0.05) is 36.4 Å². The number of alkyl halides is 1. The molecule has 0 aliphatic carbocycles. The summed E-state index contributed by atoms with van der Waals surface area (Å²) in [6.07, 6.45) is 0.993. The van der Waals surface area contributed by atoms with Crippen molar-refractivity contribution in [1.29, 1.82) is 0 Å². The Kier molecular flexibility index (Phi) is 6.82. The Hall–Kier alpha value is -2.33. The van der Waals surface area contributed by atoms with Crippen LogP contribution in [0.3, 0.4) is 0 Å². The van der Waals surface area contributed by atoms with Crippen molar-refractivity contribution in [3.8, 4) is 0 Å². The summed E-state index contributed by atoms with van der Waals surface area (Å²) in [6.45, 7) is 1.94. The van der Waals surface area contributed by atoms with E-state index in [1.165, 1.54) is 0 Å². The number of halogens is 1. The van der Waals surface area contributed by atoms with E-state index in [9.17, 15) is 9.59 Å². The Morgan fingerprint density at radius 2 is 1.83 bits per heavy atom. The third kappa shape index (κ3) is 5.39. The summed E-state index contributed by atoms with van der Waals surface area (Å²) in [5.74, 6) is 0.168. The lowest BCUT2D eigenvalue weighted by Gasteiger charge is -2.15. The van der Waals surface area contributed by atoms with Crippen LogP contribution in [0.1, 0.15) is 41.7 Å². The molecule has 0 aliphatic rings. The second-order valence-corrected chi connectivity index (χ2v) is 5.91. The fourth-order valence-electron chi connectivity index (χ4n) is 2.29. The van der Waals surface area contributed by atoms with E-state index in [1.54, 1.807) is 24.3 Å². The molecule has 1 atom stereocenters. The average Bonchev–Trinajstić information content (AvgIpc) is 2.61. The van der Waals surface area contributed by atoms with Gasteiger partial charge in [-0.15, -0.1) is 11.6 Å². The number of nitrogens with one attached hydrogen (secondary N) is 2. The maximum Gasteiger partial charge on any atom is 0.251 e. The maximum absolute atomic E-state index is 12.4. The highest BCUT2D eigenvalue weighted by Crippen LogP contribution is 2.15. The maximum atomic E-state index is 12.4. The first kappa shape index (κ1) is 18.0. The zero-order chi connectivity index (χ0) is 17.4. The normalized spacial score (nSPS) is 11.6. The van der Waals surface area contributed by atoms with Crippen LogP contribution in [0, 0.1) is 0 Å². The van der Waals surface area contributed by atoms with Crippen molar-refractivity contribution < 1.29 is 9.59 Å². The largest absolute Gasteiger partial charge is 0.346 e. The summed E-state index contributed by atoms with van der Waals surface area (Å²) < 4.78 is 0. The fraction of sp³-hybridized carbons (Fsp3) is 0.263. The molecule has 2 aromatic rings. The highest BCUT2D eigenvalue weighted by molar-refractivity contribution is 6.18. The van der Waals surface area contributed by atoms with Gasteiger partial charge < -0.3 is 10.6 Å². The Bertz CT molecular complexity index is 689. The van der Waals surface area contributed by atoms with Crippen LogP contribution in [0.15, 0.2) is 54.6 Å². The van der Waals surface area contributed by atoms with Gasteiger partial charge in [-0.05, 0) is 37.1 Å². The molecular weight excluding hydrogens is 324 g/mol. The molecule has 5 heteroatoms. The van der Waals surface area contributed by atoms with Crippen molar-refractivity contribution in [2.75, 3.05) is 11.2 Å². The van der Waals surface area contributed by atoms with Crippen LogP contribution in [0.4, 0.5) is 5.69 Å². The van der Waals surface area contributed by atoms with E-state index >= 15 is 0 Å². The molecular formula is C19H21ClN2O2. The average molecular weight is 345 g/mol. The van der Waals surface area contributed by atoms with Crippen molar-refractivity contribution in [2.24, 2.45) is 0 Å². The van der Waals surface area contributed by atoms with Crippen molar-refractivity contribution in [1.82, 2.24) is 5.32 Å². The third-order valence-electron chi connectivity index (χ3n) is 3.59. The number of benzene rings is 2. The zero-order valence-electron chi connectivity index (χ0n) is 13.6. The predicted octanol–water partition coefficient (Wildman–Crippen LogP) is 4.14. The van der Waals surface area contributed by atoms with Gasteiger partial charge in [0.15, 0.2) is 0 Å². The minimum Gasteiger partial charge on any atom is -0.346 e. The summed E-state index contributed by atoms with van der Waals surface area (Å²) >= 11 is 5.58. The van der Waals surface area contributed by atoms with E-state index in [4.69, 9.17) is 11.6 Å². The number of carbonyl (C=O) groups is 2. The van der Waals surface area contributed by atoms with Crippen LogP contribution in [0.2, 0.25) is 0 Å². The molecule has 0 aliphatic heterocycles. The SMILES string of the molecule is CC(NC(=O)c1cccc(NC(=O)CCCCl)c1)c1ccccc1. The van der Waals surface area contributed by atoms with Gasteiger partial charge in [-0.25, -0.2) is 0 Å². The molecule has 0 bridgehead atoms. The van der Waals surface area contributed by atoms with Crippen molar-refractivity contribution in [3.63, 3.8) is 0 Å². The molecule has 24 heavy (non-hydrogen) atoms. The number of anilines is 1. The molecule has 0 fully saturated rings. The summed E-state index contributed by atoms with van der Waals surface area (Å²) in [6, 6.07) is 16.6. The lowest BCUT2D eigenvalue weighted by atomic mass is 10.1. The number of hydrogen-bond donors (Lipinski definition) is 2. The van der Waals surface area contributed by atoms with E-state index in [0.717, 1.165) is 5.56 Å². The molecule has 2 aromatic carbocycles.